The Morgan fingerprint density at radius 1 is 1.03 bits per heavy atom. The van der Waals surface area contributed by atoms with Crippen molar-refractivity contribution in [2.75, 3.05) is 27.4 Å². The third-order valence-corrected chi connectivity index (χ3v) is 5.66. The number of fused-ring (bicyclic) bond motifs is 4. The SMILES string of the molecule is COc1cc2c3cnn(CC(=O)c4ccc5c(c4)OCCO5)c(=O)c3n(C)c2cc1OC. The van der Waals surface area contributed by atoms with Crippen LogP contribution in [0.25, 0.3) is 21.8 Å². The number of ether oxygens (including phenoxy) is 4. The third-order valence-electron chi connectivity index (χ3n) is 5.66. The van der Waals surface area contributed by atoms with Crippen molar-refractivity contribution >= 4 is 27.6 Å². The third kappa shape index (κ3) is 3.05. The summed E-state index contributed by atoms with van der Waals surface area (Å²) in [6.45, 7) is 0.712. The number of nitrogens with zero attached hydrogens (tertiary/aromatic N) is 3. The normalized spacial score (nSPS) is 12.8. The molecule has 1 aliphatic heterocycles. The molecule has 1 aliphatic rings. The first-order chi connectivity index (χ1) is 15.5. The largest absolute Gasteiger partial charge is 0.493 e. The van der Waals surface area contributed by atoms with Crippen LogP contribution in [0.15, 0.2) is 41.3 Å². The van der Waals surface area contributed by atoms with Gasteiger partial charge in [-0.25, -0.2) is 4.68 Å². The molecule has 4 aromatic rings. The fraction of sp³-hybridized carbons (Fsp3) is 0.261. The highest BCUT2D eigenvalue weighted by Gasteiger charge is 2.20. The van der Waals surface area contributed by atoms with Gasteiger partial charge in [0.25, 0.3) is 5.56 Å². The first-order valence-corrected chi connectivity index (χ1v) is 10.0. The second-order valence-corrected chi connectivity index (χ2v) is 7.43. The molecular formula is C23H21N3O6. The molecule has 2 aromatic carbocycles. The molecular weight excluding hydrogens is 414 g/mol. The standard InChI is InChI=1S/C23H21N3O6/c1-25-16-10-20(30-3)19(29-2)9-14(16)15-11-24-26(23(28)22(15)25)12-17(27)13-4-5-18-21(8-13)32-7-6-31-18/h4-5,8-11H,6-7,12H2,1-3H3. The molecule has 9 nitrogen and oxygen atoms in total. The molecule has 0 amide bonds. The van der Waals surface area contributed by atoms with Gasteiger partial charge in [0.1, 0.15) is 25.3 Å². The van der Waals surface area contributed by atoms with Gasteiger partial charge in [0, 0.05) is 29.4 Å². The number of aryl methyl sites for hydroxylation is 1. The molecule has 32 heavy (non-hydrogen) atoms. The zero-order valence-electron chi connectivity index (χ0n) is 17.9. The van der Waals surface area contributed by atoms with Crippen LogP contribution >= 0.6 is 0 Å². The van der Waals surface area contributed by atoms with E-state index in [1.54, 1.807) is 50.2 Å². The number of rotatable bonds is 5. The van der Waals surface area contributed by atoms with Gasteiger partial charge in [-0.15, -0.1) is 0 Å². The van der Waals surface area contributed by atoms with Crippen molar-refractivity contribution in [1.29, 1.82) is 0 Å². The maximum atomic E-state index is 13.2. The molecule has 2 aromatic heterocycles. The molecule has 0 fully saturated rings. The van der Waals surface area contributed by atoms with Gasteiger partial charge in [-0.3, -0.25) is 9.59 Å². The van der Waals surface area contributed by atoms with E-state index in [4.69, 9.17) is 18.9 Å². The number of benzene rings is 2. The number of hydrogen-bond donors (Lipinski definition) is 0. The molecule has 0 atom stereocenters. The van der Waals surface area contributed by atoms with Crippen LogP contribution in [0.2, 0.25) is 0 Å². The topological polar surface area (TPSA) is 93.8 Å². The number of carbonyl (C=O) groups excluding carboxylic acids is 1. The molecule has 0 bridgehead atoms. The van der Waals surface area contributed by atoms with Crippen molar-refractivity contribution in [3.8, 4) is 23.0 Å². The molecule has 0 unspecified atom stereocenters. The highest BCUT2D eigenvalue weighted by molar-refractivity contribution is 6.08. The summed E-state index contributed by atoms with van der Waals surface area (Å²) in [6, 6.07) is 8.64. The van der Waals surface area contributed by atoms with E-state index in [1.807, 2.05) is 12.1 Å². The zero-order chi connectivity index (χ0) is 22.4. The summed E-state index contributed by atoms with van der Waals surface area (Å²) >= 11 is 0. The van der Waals surface area contributed by atoms with Crippen molar-refractivity contribution in [3.63, 3.8) is 0 Å². The summed E-state index contributed by atoms with van der Waals surface area (Å²) in [7, 11) is 4.92. The minimum Gasteiger partial charge on any atom is -0.493 e. The fourth-order valence-corrected chi connectivity index (χ4v) is 4.04. The van der Waals surface area contributed by atoms with E-state index in [-0.39, 0.29) is 17.9 Å². The van der Waals surface area contributed by atoms with Gasteiger partial charge in [0.05, 0.1) is 25.9 Å². The molecule has 0 aliphatic carbocycles. The van der Waals surface area contributed by atoms with Crippen molar-refractivity contribution in [2.45, 2.75) is 6.54 Å². The highest BCUT2D eigenvalue weighted by Crippen LogP contribution is 2.36. The first-order valence-electron chi connectivity index (χ1n) is 10.0. The molecule has 0 spiro atoms. The summed E-state index contributed by atoms with van der Waals surface area (Å²) in [6.07, 6.45) is 1.60. The van der Waals surface area contributed by atoms with Crippen LogP contribution in [0.1, 0.15) is 10.4 Å². The summed E-state index contributed by atoms with van der Waals surface area (Å²) < 4.78 is 24.8. The molecule has 5 rings (SSSR count). The van der Waals surface area contributed by atoms with Crippen LogP contribution in [0.5, 0.6) is 23.0 Å². The van der Waals surface area contributed by atoms with E-state index < -0.39 is 0 Å². The molecule has 0 saturated heterocycles. The molecule has 164 valence electrons. The Hall–Kier alpha value is -4.01. The fourth-order valence-electron chi connectivity index (χ4n) is 4.04. The van der Waals surface area contributed by atoms with E-state index in [9.17, 15) is 9.59 Å². The van der Waals surface area contributed by atoms with Crippen LogP contribution in [0, 0.1) is 0 Å². The minimum absolute atomic E-state index is 0.192. The lowest BCUT2D eigenvalue weighted by Crippen LogP contribution is -2.27. The predicted molar refractivity (Wildman–Crippen MR) is 117 cm³/mol. The lowest BCUT2D eigenvalue weighted by Gasteiger charge is -2.18. The van der Waals surface area contributed by atoms with E-state index in [0.717, 1.165) is 10.9 Å². The Bertz CT molecular complexity index is 1440. The summed E-state index contributed by atoms with van der Waals surface area (Å²) in [5.41, 5.74) is 1.31. The number of Topliss-reactive ketones (excluding diaryl/α,β-unsaturated/α-hetero) is 1. The van der Waals surface area contributed by atoms with Crippen LogP contribution < -0.4 is 24.5 Å². The Morgan fingerprint density at radius 2 is 1.75 bits per heavy atom. The smallest absolute Gasteiger partial charge is 0.291 e. The second kappa shape index (κ2) is 7.60. The van der Waals surface area contributed by atoms with Gasteiger partial charge in [-0.1, -0.05) is 0 Å². The summed E-state index contributed by atoms with van der Waals surface area (Å²) in [5.74, 6) is 2.00. The number of methoxy groups -OCH3 is 2. The molecule has 3 heterocycles. The molecule has 0 saturated carbocycles. The number of ketones is 1. The van der Waals surface area contributed by atoms with Crippen LogP contribution in [0.3, 0.4) is 0 Å². The lowest BCUT2D eigenvalue weighted by molar-refractivity contribution is 0.0964. The Labute approximate surface area is 182 Å². The number of carbonyl (C=O) groups is 1. The van der Waals surface area contributed by atoms with Crippen molar-refractivity contribution in [3.05, 3.63) is 52.4 Å². The van der Waals surface area contributed by atoms with E-state index in [0.29, 0.717) is 52.7 Å². The maximum Gasteiger partial charge on any atom is 0.291 e. The molecule has 0 N–H and O–H groups in total. The van der Waals surface area contributed by atoms with Crippen molar-refractivity contribution < 1.29 is 23.7 Å². The monoisotopic (exact) mass is 435 g/mol. The van der Waals surface area contributed by atoms with Crippen molar-refractivity contribution in [1.82, 2.24) is 14.3 Å². The minimum atomic E-state index is -0.356. The van der Waals surface area contributed by atoms with Gasteiger partial charge in [0.15, 0.2) is 28.8 Å². The van der Waals surface area contributed by atoms with Gasteiger partial charge >= 0.3 is 0 Å². The van der Waals surface area contributed by atoms with Crippen molar-refractivity contribution in [2.24, 2.45) is 7.05 Å². The zero-order valence-corrected chi connectivity index (χ0v) is 17.9. The van der Waals surface area contributed by atoms with Gasteiger partial charge < -0.3 is 23.5 Å². The number of aromatic nitrogens is 3. The quantitative estimate of drug-likeness (QED) is 0.445. The van der Waals surface area contributed by atoms with Gasteiger partial charge in [-0.05, 0) is 24.3 Å². The van der Waals surface area contributed by atoms with Crippen LogP contribution in [0.4, 0.5) is 0 Å². The lowest BCUT2D eigenvalue weighted by atomic mass is 10.1. The van der Waals surface area contributed by atoms with Crippen LogP contribution in [-0.4, -0.2) is 47.6 Å². The van der Waals surface area contributed by atoms with Crippen LogP contribution in [-0.2, 0) is 13.6 Å². The Kier molecular flexibility index (Phi) is 4.73. The van der Waals surface area contributed by atoms with E-state index in [1.165, 1.54) is 4.68 Å². The van der Waals surface area contributed by atoms with Gasteiger partial charge in [-0.2, -0.15) is 5.10 Å². The first kappa shape index (κ1) is 19.9. The van der Waals surface area contributed by atoms with E-state index >= 15 is 0 Å². The number of hydrogen-bond acceptors (Lipinski definition) is 7. The second-order valence-electron chi connectivity index (χ2n) is 7.43. The summed E-state index contributed by atoms with van der Waals surface area (Å²) in [5, 5.41) is 5.76. The molecule has 0 radical (unpaired) electrons. The average molecular weight is 435 g/mol. The van der Waals surface area contributed by atoms with Gasteiger partial charge in [0.2, 0.25) is 0 Å². The highest BCUT2D eigenvalue weighted by atomic mass is 16.6. The van der Waals surface area contributed by atoms with E-state index in [2.05, 4.69) is 5.10 Å². The average Bonchev–Trinajstić information content (AvgIpc) is 3.10. The Balaban J connectivity index is 1.56. The Morgan fingerprint density at radius 3 is 2.50 bits per heavy atom. The maximum absolute atomic E-state index is 13.2. The summed E-state index contributed by atoms with van der Waals surface area (Å²) in [4.78, 5) is 26.1. The molecule has 9 heteroatoms. The predicted octanol–water partition coefficient (Wildman–Crippen LogP) is 2.56.